The van der Waals surface area contributed by atoms with Gasteiger partial charge < -0.3 is 0 Å². The molecule has 0 amide bonds. The Morgan fingerprint density at radius 1 is 1.11 bits per heavy atom. The van der Waals surface area contributed by atoms with Gasteiger partial charge in [-0.25, -0.2) is 4.39 Å². The molecule has 1 aliphatic rings. The van der Waals surface area contributed by atoms with Crippen LogP contribution in [0, 0.1) is 5.82 Å². The molecule has 0 radical (unpaired) electrons. The van der Waals surface area contributed by atoms with Gasteiger partial charge in [0.2, 0.25) is 0 Å². The highest BCUT2D eigenvalue weighted by Crippen LogP contribution is 2.25. The van der Waals surface area contributed by atoms with Crippen molar-refractivity contribution < 1.29 is 4.39 Å². The highest BCUT2D eigenvalue weighted by molar-refractivity contribution is 5.74. The van der Waals surface area contributed by atoms with Crippen molar-refractivity contribution in [3.63, 3.8) is 0 Å². The first kappa shape index (κ1) is 14.7. The van der Waals surface area contributed by atoms with Gasteiger partial charge in [-0.3, -0.25) is 0 Å². The average molecular weight is 246 g/mol. The van der Waals surface area contributed by atoms with Gasteiger partial charge in [-0.2, -0.15) is 0 Å². The van der Waals surface area contributed by atoms with E-state index < -0.39 is 0 Å². The van der Waals surface area contributed by atoms with Crippen molar-refractivity contribution in [3.8, 4) is 0 Å². The van der Waals surface area contributed by atoms with Crippen LogP contribution in [-0.4, -0.2) is 0 Å². The molecule has 0 saturated heterocycles. The third-order valence-electron chi connectivity index (χ3n) is 2.95. The lowest BCUT2D eigenvalue weighted by Gasteiger charge is -2.11. The van der Waals surface area contributed by atoms with Crippen LogP contribution < -0.4 is 0 Å². The summed E-state index contributed by atoms with van der Waals surface area (Å²) < 4.78 is 13.8. The molecule has 98 valence electrons. The van der Waals surface area contributed by atoms with Gasteiger partial charge in [0.05, 0.1) is 0 Å². The summed E-state index contributed by atoms with van der Waals surface area (Å²) in [6.07, 6.45) is 8.54. The van der Waals surface area contributed by atoms with E-state index in [1.165, 1.54) is 0 Å². The summed E-state index contributed by atoms with van der Waals surface area (Å²) in [7, 11) is 0. The molecule has 0 bridgehead atoms. The van der Waals surface area contributed by atoms with Crippen LogP contribution in [0.1, 0.15) is 57.6 Å². The third-order valence-corrected chi connectivity index (χ3v) is 2.95. The Labute approximate surface area is 110 Å². The number of hydrogen-bond acceptors (Lipinski definition) is 0. The van der Waals surface area contributed by atoms with E-state index in [4.69, 9.17) is 0 Å². The van der Waals surface area contributed by atoms with Crippen molar-refractivity contribution >= 4 is 5.57 Å². The van der Waals surface area contributed by atoms with Crippen LogP contribution in [-0.2, 0) is 0 Å². The molecule has 0 unspecified atom stereocenters. The maximum atomic E-state index is 13.8. The van der Waals surface area contributed by atoms with Crippen LogP contribution >= 0.6 is 0 Å². The van der Waals surface area contributed by atoms with Gasteiger partial charge in [0.1, 0.15) is 5.82 Å². The van der Waals surface area contributed by atoms with Gasteiger partial charge in [-0.15, -0.1) is 0 Å². The van der Waals surface area contributed by atoms with Crippen LogP contribution in [0.15, 0.2) is 36.4 Å². The molecule has 18 heavy (non-hydrogen) atoms. The molecule has 1 heteroatoms. The molecular formula is C17H23F. The predicted octanol–water partition coefficient (Wildman–Crippen LogP) is 5.71. The first-order chi connectivity index (χ1) is 8.68. The maximum absolute atomic E-state index is 13.8. The number of rotatable bonds is 2. The molecule has 0 saturated carbocycles. The van der Waals surface area contributed by atoms with Gasteiger partial charge in [-0.05, 0) is 41.5 Å². The van der Waals surface area contributed by atoms with Crippen molar-refractivity contribution in [2.45, 2.75) is 46.5 Å². The Balaban J connectivity index is 0.000000771. The summed E-state index contributed by atoms with van der Waals surface area (Å²) in [5.74, 6) is 0.150. The van der Waals surface area contributed by atoms with E-state index in [9.17, 15) is 4.39 Å². The summed E-state index contributed by atoms with van der Waals surface area (Å²) in [6, 6.07) is 5.56. The lowest BCUT2D eigenvalue weighted by Crippen LogP contribution is -1.95. The van der Waals surface area contributed by atoms with Gasteiger partial charge in [0.25, 0.3) is 0 Å². The molecule has 1 aromatic carbocycles. The molecular weight excluding hydrogens is 223 g/mol. The fraction of sp³-hybridized carbons (Fsp3) is 0.412. The summed E-state index contributed by atoms with van der Waals surface area (Å²) in [4.78, 5) is 0. The zero-order valence-corrected chi connectivity index (χ0v) is 11.8. The molecule has 0 aliphatic heterocycles. The average Bonchev–Trinajstić information content (AvgIpc) is 2.41. The highest BCUT2D eigenvalue weighted by Gasteiger charge is 2.09. The highest BCUT2D eigenvalue weighted by atomic mass is 19.1. The van der Waals surface area contributed by atoms with Crippen molar-refractivity contribution in [1.29, 1.82) is 0 Å². The second kappa shape index (κ2) is 7.15. The van der Waals surface area contributed by atoms with E-state index in [1.807, 2.05) is 39.8 Å². The van der Waals surface area contributed by atoms with E-state index in [1.54, 1.807) is 6.07 Å². The number of benzene rings is 1. The number of halogens is 1. The molecule has 1 aromatic rings. The maximum Gasteiger partial charge on any atom is 0.127 e. The second-order valence-electron chi connectivity index (χ2n) is 4.53. The molecule has 0 heterocycles. The first-order valence-electron chi connectivity index (χ1n) is 6.85. The monoisotopic (exact) mass is 246 g/mol. The van der Waals surface area contributed by atoms with E-state index in [0.29, 0.717) is 0 Å². The molecule has 0 fully saturated rings. The van der Waals surface area contributed by atoms with E-state index >= 15 is 0 Å². The summed E-state index contributed by atoms with van der Waals surface area (Å²) >= 11 is 0. The molecule has 0 spiro atoms. The van der Waals surface area contributed by atoms with Crippen LogP contribution in [0.25, 0.3) is 5.57 Å². The Bertz CT molecular complexity index is 439. The van der Waals surface area contributed by atoms with Crippen molar-refractivity contribution in [2.75, 3.05) is 0 Å². The fourth-order valence-electron chi connectivity index (χ4n) is 2.00. The van der Waals surface area contributed by atoms with Crippen molar-refractivity contribution in [2.24, 2.45) is 0 Å². The third kappa shape index (κ3) is 3.56. The topological polar surface area (TPSA) is 0 Å². The Hall–Kier alpha value is -1.37. The SMILES string of the molecule is CC.CC(C)c1ccc(C2=CCCC=C2)cc1F. The van der Waals surface area contributed by atoms with Gasteiger partial charge >= 0.3 is 0 Å². The normalized spacial score (nSPS) is 14.0. The van der Waals surface area contributed by atoms with E-state index in [-0.39, 0.29) is 11.7 Å². The molecule has 0 N–H and O–H groups in total. The minimum Gasteiger partial charge on any atom is -0.207 e. The zero-order chi connectivity index (χ0) is 13.5. The van der Waals surface area contributed by atoms with Crippen LogP contribution in [0.5, 0.6) is 0 Å². The summed E-state index contributed by atoms with van der Waals surface area (Å²) in [5, 5.41) is 0. The van der Waals surface area contributed by atoms with Crippen molar-refractivity contribution in [1.82, 2.24) is 0 Å². The minimum atomic E-state index is -0.0904. The zero-order valence-electron chi connectivity index (χ0n) is 11.8. The fourth-order valence-corrected chi connectivity index (χ4v) is 2.00. The molecule has 0 nitrogen and oxygen atoms in total. The molecule has 2 rings (SSSR count). The number of allylic oxidation sites excluding steroid dienone is 4. The lowest BCUT2D eigenvalue weighted by molar-refractivity contribution is 0.598. The molecule has 0 atom stereocenters. The van der Waals surface area contributed by atoms with Crippen molar-refractivity contribution in [3.05, 3.63) is 53.4 Å². The quantitative estimate of drug-likeness (QED) is 0.627. The van der Waals surface area contributed by atoms with Crippen LogP contribution in [0.4, 0.5) is 4.39 Å². The predicted molar refractivity (Wildman–Crippen MR) is 78.2 cm³/mol. The number of hydrogen-bond donors (Lipinski definition) is 0. The molecule has 0 aromatic heterocycles. The first-order valence-corrected chi connectivity index (χ1v) is 6.85. The standard InChI is InChI=1S/C15H17F.C2H6/c1-11(2)14-9-8-13(10-15(14)16)12-6-4-3-5-7-12;1-2/h4,6-11H,3,5H2,1-2H3;1-2H3. The lowest BCUT2D eigenvalue weighted by atomic mass is 9.95. The van der Waals surface area contributed by atoms with E-state index in [0.717, 1.165) is 29.5 Å². The Kier molecular flexibility index (Phi) is 5.84. The van der Waals surface area contributed by atoms with Crippen LogP contribution in [0.2, 0.25) is 0 Å². The largest absolute Gasteiger partial charge is 0.207 e. The Morgan fingerprint density at radius 2 is 1.83 bits per heavy atom. The van der Waals surface area contributed by atoms with E-state index in [2.05, 4.69) is 18.2 Å². The molecule has 1 aliphatic carbocycles. The van der Waals surface area contributed by atoms with Gasteiger partial charge in [-0.1, -0.05) is 58.1 Å². The summed E-state index contributed by atoms with van der Waals surface area (Å²) in [6.45, 7) is 8.02. The van der Waals surface area contributed by atoms with Crippen LogP contribution in [0.3, 0.4) is 0 Å². The summed E-state index contributed by atoms with van der Waals surface area (Å²) in [5.41, 5.74) is 2.92. The second-order valence-corrected chi connectivity index (χ2v) is 4.53. The Morgan fingerprint density at radius 3 is 2.33 bits per heavy atom. The minimum absolute atomic E-state index is 0.0904. The van der Waals surface area contributed by atoms with Gasteiger partial charge in [0, 0.05) is 0 Å². The smallest absolute Gasteiger partial charge is 0.127 e. The van der Waals surface area contributed by atoms with Gasteiger partial charge in [0.15, 0.2) is 0 Å².